The minimum Gasteiger partial charge on any atom is -0.490 e. The van der Waals surface area contributed by atoms with Crippen LogP contribution in [0.5, 0.6) is 11.5 Å². The molecule has 0 bridgehead atoms. The number of hydrogen-bond donors (Lipinski definition) is 0. The Bertz CT molecular complexity index is 1650. The summed E-state index contributed by atoms with van der Waals surface area (Å²) in [4.78, 5) is 18.0. The zero-order valence-electron chi connectivity index (χ0n) is 22.1. The van der Waals surface area contributed by atoms with Crippen molar-refractivity contribution in [1.29, 1.82) is 0 Å². The predicted octanol–water partition coefficient (Wildman–Crippen LogP) is 8.20. The van der Waals surface area contributed by atoms with Crippen molar-refractivity contribution < 1.29 is 22.6 Å². The van der Waals surface area contributed by atoms with E-state index in [1.54, 1.807) is 30.3 Å². The van der Waals surface area contributed by atoms with Gasteiger partial charge in [0, 0.05) is 15.6 Å². The second-order valence-electron chi connectivity index (χ2n) is 10.1. The van der Waals surface area contributed by atoms with E-state index in [1.165, 1.54) is 18.3 Å². The van der Waals surface area contributed by atoms with Gasteiger partial charge in [-0.2, -0.15) is 22.9 Å². The number of ether oxygens (including phenoxy) is 2. The van der Waals surface area contributed by atoms with E-state index in [4.69, 9.17) is 21.1 Å². The van der Waals surface area contributed by atoms with Crippen LogP contribution in [-0.2, 0) is 6.18 Å². The fourth-order valence-electron chi connectivity index (χ4n) is 3.76. The monoisotopic (exact) mass is 635 g/mol. The van der Waals surface area contributed by atoms with Gasteiger partial charge in [-0.05, 0) is 58.6 Å². The minimum absolute atomic E-state index is 0.0524. The van der Waals surface area contributed by atoms with E-state index in [0.29, 0.717) is 40.3 Å². The highest BCUT2D eigenvalue weighted by Crippen LogP contribution is 2.43. The van der Waals surface area contributed by atoms with Gasteiger partial charge in [0.1, 0.15) is 5.02 Å². The molecule has 210 valence electrons. The van der Waals surface area contributed by atoms with Crippen molar-refractivity contribution in [3.8, 4) is 22.9 Å². The topological polar surface area (TPSA) is 65.7 Å². The van der Waals surface area contributed by atoms with Crippen LogP contribution >= 0.6 is 27.5 Å². The molecule has 1 aromatic heterocycles. The number of nitrogens with zero attached hydrogens (tertiary/aromatic N) is 3. The van der Waals surface area contributed by atoms with Gasteiger partial charge in [0.25, 0.3) is 5.56 Å². The van der Waals surface area contributed by atoms with E-state index in [1.807, 2.05) is 27.7 Å². The summed E-state index contributed by atoms with van der Waals surface area (Å²) in [5.41, 5.74) is -0.700. The van der Waals surface area contributed by atoms with Crippen LogP contribution in [-0.4, -0.2) is 29.1 Å². The van der Waals surface area contributed by atoms with Crippen molar-refractivity contribution in [3.63, 3.8) is 0 Å². The number of benzene rings is 3. The Morgan fingerprint density at radius 3 is 2.48 bits per heavy atom. The van der Waals surface area contributed by atoms with Gasteiger partial charge in [-0.1, -0.05) is 56.6 Å². The average Bonchev–Trinajstić information content (AvgIpc) is 2.89. The quantitative estimate of drug-likeness (QED) is 0.192. The molecule has 0 fully saturated rings. The summed E-state index contributed by atoms with van der Waals surface area (Å²) >= 11 is 10.1. The SMILES string of the molecule is CCOc1cc(C=Nn2c(-c3cccc(C(F)(F)F)c3)nc3ccccc3c2=O)c(Br)c(Cl)c1OCC(C)(C)C. The lowest BCUT2D eigenvalue weighted by Gasteiger charge is -2.22. The second kappa shape index (κ2) is 11.6. The van der Waals surface area contributed by atoms with E-state index in [0.717, 1.165) is 16.8 Å². The third-order valence-electron chi connectivity index (χ3n) is 5.62. The van der Waals surface area contributed by atoms with Crippen LogP contribution in [0.2, 0.25) is 5.02 Å². The Hall–Kier alpha value is -3.37. The third kappa shape index (κ3) is 6.50. The molecule has 40 heavy (non-hydrogen) atoms. The number of aromatic nitrogens is 2. The summed E-state index contributed by atoms with van der Waals surface area (Å²) in [5, 5.41) is 4.87. The number of para-hydroxylation sites is 1. The van der Waals surface area contributed by atoms with Crippen molar-refractivity contribution >= 4 is 44.6 Å². The molecule has 0 saturated carbocycles. The molecule has 3 aromatic carbocycles. The molecule has 0 N–H and O–H groups in total. The van der Waals surface area contributed by atoms with Crippen LogP contribution in [0.15, 0.2) is 69.0 Å². The standard InChI is InChI=1S/C29H26BrClF3N3O3/c1-5-39-22-14-18(23(30)24(31)25(22)40-16-28(2,3)4)15-35-37-26(17-9-8-10-19(13-17)29(32,33)34)36-21-12-7-6-11-20(21)27(37)38/h6-15H,5,16H2,1-4H3. The molecule has 0 radical (unpaired) electrons. The van der Waals surface area contributed by atoms with Gasteiger partial charge in [0.15, 0.2) is 17.3 Å². The van der Waals surface area contributed by atoms with Crippen molar-refractivity contribution in [2.75, 3.05) is 13.2 Å². The second-order valence-corrected chi connectivity index (χ2v) is 11.3. The maximum absolute atomic E-state index is 13.5. The molecule has 4 rings (SSSR count). The molecule has 0 spiro atoms. The van der Waals surface area contributed by atoms with E-state index < -0.39 is 17.3 Å². The predicted molar refractivity (Wildman–Crippen MR) is 155 cm³/mol. The molecule has 4 aromatic rings. The molecule has 0 aliphatic rings. The zero-order chi connectivity index (χ0) is 29.2. The highest BCUT2D eigenvalue weighted by Gasteiger charge is 2.31. The van der Waals surface area contributed by atoms with Gasteiger partial charge in [-0.25, -0.2) is 4.98 Å². The van der Waals surface area contributed by atoms with Gasteiger partial charge < -0.3 is 9.47 Å². The highest BCUT2D eigenvalue weighted by atomic mass is 79.9. The summed E-state index contributed by atoms with van der Waals surface area (Å²) in [6.07, 6.45) is -3.21. The third-order valence-corrected chi connectivity index (χ3v) is 7.06. The molecule has 0 aliphatic carbocycles. The van der Waals surface area contributed by atoms with Crippen LogP contribution in [0.4, 0.5) is 13.2 Å². The zero-order valence-corrected chi connectivity index (χ0v) is 24.5. The number of alkyl halides is 3. The molecule has 0 amide bonds. The number of fused-ring (bicyclic) bond motifs is 1. The van der Waals surface area contributed by atoms with Crippen LogP contribution < -0.4 is 15.0 Å². The van der Waals surface area contributed by atoms with Crippen LogP contribution in [0.3, 0.4) is 0 Å². The molecule has 0 aliphatic heterocycles. The van der Waals surface area contributed by atoms with Crippen LogP contribution in [0.25, 0.3) is 22.3 Å². The molecular weight excluding hydrogens is 611 g/mol. The Kier molecular flexibility index (Phi) is 8.60. The Morgan fingerprint density at radius 2 is 1.80 bits per heavy atom. The molecular formula is C29H26BrClF3N3O3. The average molecular weight is 637 g/mol. The van der Waals surface area contributed by atoms with Gasteiger partial charge in [0.2, 0.25) is 0 Å². The summed E-state index contributed by atoms with van der Waals surface area (Å²) in [7, 11) is 0. The Labute approximate surface area is 242 Å². The first kappa shape index (κ1) is 29.6. The number of rotatable bonds is 7. The maximum atomic E-state index is 13.5. The lowest BCUT2D eigenvalue weighted by molar-refractivity contribution is -0.137. The summed E-state index contributed by atoms with van der Waals surface area (Å²) in [6.45, 7) is 8.61. The summed E-state index contributed by atoms with van der Waals surface area (Å²) in [5.74, 6) is 0.684. The first-order chi connectivity index (χ1) is 18.8. The summed E-state index contributed by atoms with van der Waals surface area (Å²) in [6, 6.07) is 12.8. The van der Waals surface area contributed by atoms with E-state index in [-0.39, 0.29) is 27.2 Å². The lowest BCUT2D eigenvalue weighted by Crippen LogP contribution is -2.20. The smallest absolute Gasteiger partial charge is 0.416 e. The van der Waals surface area contributed by atoms with Crippen LogP contribution in [0, 0.1) is 5.41 Å². The van der Waals surface area contributed by atoms with Crippen molar-refractivity contribution in [1.82, 2.24) is 9.66 Å². The van der Waals surface area contributed by atoms with Crippen LogP contribution in [0.1, 0.15) is 38.8 Å². The number of halogens is 5. The van der Waals surface area contributed by atoms with E-state index in [9.17, 15) is 18.0 Å². The fourth-order valence-corrected chi connectivity index (χ4v) is 4.41. The number of hydrogen-bond acceptors (Lipinski definition) is 5. The van der Waals surface area contributed by atoms with E-state index >= 15 is 0 Å². The van der Waals surface area contributed by atoms with Gasteiger partial charge in [-0.15, -0.1) is 0 Å². The Balaban J connectivity index is 1.88. The lowest BCUT2D eigenvalue weighted by atomic mass is 9.99. The molecule has 0 atom stereocenters. The minimum atomic E-state index is -4.57. The Morgan fingerprint density at radius 1 is 1.07 bits per heavy atom. The van der Waals surface area contributed by atoms with Gasteiger partial charge >= 0.3 is 6.18 Å². The van der Waals surface area contributed by atoms with Crippen molar-refractivity contribution in [2.24, 2.45) is 10.5 Å². The van der Waals surface area contributed by atoms with Gasteiger partial charge in [-0.3, -0.25) is 4.79 Å². The molecule has 6 nitrogen and oxygen atoms in total. The molecule has 0 unspecified atom stereocenters. The normalized spacial score (nSPS) is 12.3. The molecule has 1 heterocycles. The first-order valence-electron chi connectivity index (χ1n) is 12.3. The van der Waals surface area contributed by atoms with E-state index in [2.05, 4.69) is 26.0 Å². The summed E-state index contributed by atoms with van der Waals surface area (Å²) < 4.78 is 53.6. The fraction of sp³-hybridized carbons (Fsp3) is 0.276. The first-order valence-corrected chi connectivity index (χ1v) is 13.5. The highest BCUT2D eigenvalue weighted by molar-refractivity contribution is 9.10. The van der Waals surface area contributed by atoms with Crippen molar-refractivity contribution in [2.45, 2.75) is 33.9 Å². The molecule has 0 saturated heterocycles. The largest absolute Gasteiger partial charge is 0.490 e. The van der Waals surface area contributed by atoms with Crippen molar-refractivity contribution in [3.05, 3.63) is 85.6 Å². The van der Waals surface area contributed by atoms with Gasteiger partial charge in [0.05, 0.1) is 35.9 Å². The maximum Gasteiger partial charge on any atom is 0.416 e. The molecule has 11 heteroatoms.